The highest BCUT2D eigenvalue weighted by Crippen LogP contribution is 2.19. The van der Waals surface area contributed by atoms with Crippen LogP contribution in [0.3, 0.4) is 0 Å². The molecule has 1 aromatic carbocycles. The Morgan fingerprint density at radius 1 is 1.33 bits per heavy atom. The zero-order valence-corrected chi connectivity index (χ0v) is 14.8. The number of unbranched alkanes of at least 4 members (excludes halogenated alkanes) is 3. The van der Waals surface area contributed by atoms with Crippen molar-refractivity contribution in [2.75, 3.05) is 7.11 Å². The molecule has 1 unspecified atom stereocenters. The number of hydrogen-bond acceptors (Lipinski definition) is 3. The molecule has 1 N–H and O–H groups in total. The first-order valence-electron chi connectivity index (χ1n) is 7.68. The van der Waals surface area contributed by atoms with Crippen molar-refractivity contribution < 1.29 is 9.53 Å². The molecule has 0 saturated heterocycles. The molecule has 0 heterocycles. The highest BCUT2D eigenvalue weighted by atomic mass is 79.9. The molecule has 0 aliphatic heterocycles. The highest BCUT2D eigenvalue weighted by Gasteiger charge is 2.09. The average Bonchev–Trinajstić information content (AvgIpc) is 2.49. The van der Waals surface area contributed by atoms with Gasteiger partial charge in [0.15, 0.2) is 0 Å². The summed E-state index contributed by atoms with van der Waals surface area (Å²) in [6.45, 7) is 5.26. The lowest BCUT2D eigenvalue weighted by molar-refractivity contribution is 0.0600. The molecule has 0 bridgehead atoms. The van der Waals surface area contributed by atoms with Gasteiger partial charge in [-0.15, -0.1) is 0 Å². The van der Waals surface area contributed by atoms with Gasteiger partial charge < -0.3 is 10.1 Å². The maximum absolute atomic E-state index is 11.5. The van der Waals surface area contributed by atoms with E-state index in [1.807, 2.05) is 12.1 Å². The van der Waals surface area contributed by atoms with Crippen LogP contribution in [-0.2, 0) is 11.3 Å². The van der Waals surface area contributed by atoms with Crippen molar-refractivity contribution in [3.05, 3.63) is 33.8 Å². The van der Waals surface area contributed by atoms with Gasteiger partial charge >= 0.3 is 5.97 Å². The fourth-order valence-corrected chi connectivity index (χ4v) is 2.72. The molecule has 0 spiro atoms. The Hall–Kier alpha value is -0.870. The summed E-state index contributed by atoms with van der Waals surface area (Å²) in [4.78, 5) is 11.5. The second kappa shape index (κ2) is 9.96. The second-order valence-electron chi connectivity index (χ2n) is 5.43. The van der Waals surface area contributed by atoms with E-state index in [-0.39, 0.29) is 5.97 Å². The number of hydrogen-bond donors (Lipinski definition) is 1. The molecule has 1 aromatic rings. The summed E-state index contributed by atoms with van der Waals surface area (Å²) < 4.78 is 5.66. The molecule has 0 radical (unpaired) electrons. The van der Waals surface area contributed by atoms with Gasteiger partial charge in [-0.3, -0.25) is 0 Å². The largest absolute Gasteiger partial charge is 0.465 e. The zero-order valence-electron chi connectivity index (χ0n) is 13.2. The number of esters is 1. The third-order valence-electron chi connectivity index (χ3n) is 3.61. The van der Waals surface area contributed by atoms with Crippen molar-refractivity contribution in [3.63, 3.8) is 0 Å². The lowest BCUT2D eigenvalue weighted by Crippen LogP contribution is -2.25. The van der Waals surface area contributed by atoms with Gasteiger partial charge in [0.2, 0.25) is 0 Å². The summed E-state index contributed by atoms with van der Waals surface area (Å²) in [7, 11) is 1.39. The minimum atomic E-state index is -0.306. The molecule has 118 valence electrons. The topological polar surface area (TPSA) is 38.3 Å². The van der Waals surface area contributed by atoms with Crippen molar-refractivity contribution in [2.24, 2.45) is 0 Å². The summed E-state index contributed by atoms with van der Waals surface area (Å²) in [5, 5.41) is 3.53. The molecule has 0 amide bonds. The summed E-state index contributed by atoms with van der Waals surface area (Å²) in [5.74, 6) is -0.306. The van der Waals surface area contributed by atoms with E-state index >= 15 is 0 Å². The van der Waals surface area contributed by atoms with E-state index in [2.05, 4.69) is 35.1 Å². The van der Waals surface area contributed by atoms with Crippen molar-refractivity contribution in [1.82, 2.24) is 5.32 Å². The van der Waals surface area contributed by atoms with E-state index < -0.39 is 0 Å². The van der Waals surface area contributed by atoms with Gasteiger partial charge in [-0.25, -0.2) is 4.79 Å². The fraction of sp³-hybridized carbons (Fsp3) is 0.588. The van der Waals surface area contributed by atoms with Crippen LogP contribution in [0.2, 0.25) is 0 Å². The number of carbonyl (C=O) groups is 1. The molecule has 3 nitrogen and oxygen atoms in total. The van der Waals surface area contributed by atoms with Crippen LogP contribution in [-0.4, -0.2) is 19.1 Å². The average molecular weight is 356 g/mol. The SMILES string of the molecule is CCCCCCC(C)NCc1ccc(C(=O)OC)cc1Br. The Morgan fingerprint density at radius 3 is 2.71 bits per heavy atom. The van der Waals surface area contributed by atoms with Crippen LogP contribution in [0.4, 0.5) is 0 Å². The maximum Gasteiger partial charge on any atom is 0.337 e. The first kappa shape index (κ1) is 18.2. The van der Waals surface area contributed by atoms with Crippen LogP contribution in [0, 0.1) is 0 Å². The van der Waals surface area contributed by atoms with Gasteiger partial charge in [0.1, 0.15) is 0 Å². The van der Waals surface area contributed by atoms with E-state index in [0.717, 1.165) is 16.6 Å². The molecule has 0 saturated carbocycles. The van der Waals surface area contributed by atoms with Crippen molar-refractivity contribution >= 4 is 21.9 Å². The van der Waals surface area contributed by atoms with Crippen molar-refractivity contribution in [2.45, 2.75) is 58.5 Å². The summed E-state index contributed by atoms with van der Waals surface area (Å²) in [6.07, 6.45) is 6.41. The molecular formula is C17H26BrNO2. The molecule has 0 fully saturated rings. The van der Waals surface area contributed by atoms with Crippen LogP contribution >= 0.6 is 15.9 Å². The standard InChI is InChI=1S/C17H26BrNO2/c1-4-5-6-7-8-13(2)19-12-15-10-9-14(11-16(15)18)17(20)21-3/h9-11,13,19H,4-8,12H2,1-3H3. The number of methoxy groups -OCH3 is 1. The zero-order chi connectivity index (χ0) is 15.7. The van der Waals surface area contributed by atoms with Gasteiger partial charge in [-0.05, 0) is 31.0 Å². The van der Waals surface area contributed by atoms with Gasteiger partial charge in [0.05, 0.1) is 12.7 Å². The highest BCUT2D eigenvalue weighted by molar-refractivity contribution is 9.10. The smallest absolute Gasteiger partial charge is 0.337 e. The Balaban J connectivity index is 2.43. The van der Waals surface area contributed by atoms with Crippen LogP contribution < -0.4 is 5.32 Å². The predicted octanol–water partition coefficient (Wildman–Crippen LogP) is 4.68. The Bertz CT molecular complexity index is 448. The van der Waals surface area contributed by atoms with E-state index in [0.29, 0.717) is 11.6 Å². The van der Waals surface area contributed by atoms with Crippen LogP contribution in [0.5, 0.6) is 0 Å². The molecule has 1 rings (SSSR count). The van der Waals surface area contributed by atoms with Crippen molar-refractivity contribution in [3.8, 4) is 0 Å². The van der Waals surface area contributed by atoms with Gasteiger partial charge in [0.25, 0.3) is 0 Å². The number of benzene rings is 1. The molecule has 0 aliphatic rings. The molecule has 0 aromatic heterocycles. The molecule has 21 heavy (non-hydrogen) atoms. The van der Waals surface area contributed by atoms with Crippen LogP contribution in [0.25, 0.3) is 0 Å². The Labute approximate surface area is 136 Å². The number of carbonyl (C=O) groups excluding carboxylic acids is 1. The maximum atomic E-state index is 11.5. The predicted molar refractivity (Wildman–Crippen MR) is 90.5 cm³/mol. The van der Waals surface area contributed by atoms with Crippen LogP contribution in [0.1, 0.15) is 61.9 Å². The first-order chi connectivity index (χ1) is 10.1. The minimum Gasteiger partial charge on any atom is -0.465 e. The summed E-state index contributed by atoms with van der Waals surface area (Å²) in [6, 6.07) is 6.09. The fourth-order valence-electron chi connectivity index (χ4n) is 2.20. The molecular weight excluding hydrogens is 330 g/mol. The first-order valence-corrected chi connectivity index (χ1v) is 8.47. The Kier molecular flexibility index (Phi) is 8.62. The third-order valence-corrected chi connectivity index (χ3v) is 4.34. The quantitative estimate of drug-likeness (QED) is 0.516. The van der Waals surface area contributed by atoms with Crippen LogP contribution in [0.15, 0.2) is 22.7 Å². The summed E-state index contributed by atoms with van der Waals surface area (Å²) in [5.41, 5.74) is 1.73. The molecule has 4 heteroatoms. The van der Waals surface area contributed by atoms with E-state index in [1.165, 1.54) is 39.2 Å². The number of nitrogens with one attached hydrogen (secondary N) is 1. The summed E-state index contributed by atoms with van der Waals surface area (Å²) >= 11 is 3.52. The molecule has 1 atom stereocenters. The van der Waals surface area contributed by atoms with Gasteiger partial charge in [-0.1, -0.05) is 54.6 Å². The number of halogens is 1. The third kappa shape index (κ3) is 6.62. The number of ether oxygens (including phenoxy) is 1. The molecule has 0 aliphatic carbocycles. The Morgan fingerprint density at radius 2 is 2.10 bits per heavy atom. The lowest BCUT2D eigenvalue weighted by Gasteiger charge is -2.15. The number of rotatable bonds is 9. The van der Waals surface area contributed by atoms with E-state index in [4.69, 9.17) is 4.74 Å². The lowest BCUT2D eigenvalue weighted by atomic mass is 10.1. The monoisotopic (exact) mass is 355 g/mol. The van der Waals surface area contributed by atoms with Crippen molar-refractivity contribution in [1.29, 1.82) is 0 Å². The normalized spacial score (nSPS) is 12.2. The van der Waals surface area contributed by atoms with E-state index in [1.54, 1.807) is 6.07 Å². The second-order valence-corrected chi connectivity index (χ2v) is 6.28. The van der Waals surface area contributed by atoms with E-state index in [9.17, 15) is 4.79 Å². The van der Waals surface area contributed by atoms with Gasteiger partial charge in [0, 0.05) is 17.1 Å². The van der Waals surface area contributed by atoms with Gasteiger partial charge in [-0.2, -0.15) is 0 Å². The minimum absolute atomic E-state index is 0.306.